The number of rotatable bonds is 3. The van der Waals surface area contributed by atoms with Gasteiger partial charge in [-0.25, -0.2) is 0 Å². The number of phenolic OH excluding ortho intramolecular Hbond substituents is 1. The van der Waals surface area contributed by atoms with Crippen molar-refractivity contribution in [2.75, 3.05) is 12.6 Å². The van der Waals surface area contributed by atoms with Crippen LogP contribution >= 0.6 is 11.6 Å². The lowest BCUT2D eigenvalue weighted by Crippen LogP contribution is -2.03. The second-order valence-electron chi connectivity index (χ2n) is 3.12. The molecule has 0 aliphatic carbocycles. The van der Waals surface area contributed by atoms with Gasteiger partial charge in [-0.3, -0.25) is 15.1 Å². The minimum absolute atomic E-state index is 0.147. The van der Waals surface area contributed by atoms with Gasteiger partial charge in [0.1, 0.15) is 5.69 Å². The molecule has 5 heteroatoms. The largest absolute Gasteiger partial charge is 0.505 e. The molecule has 0 unspecified atom stereocenters. The van der Waals surface area contributed by atoms with E-state index < -0.39 is 0 Å². The van der Waals surface area contributed by atoms with E-state index in [0.717, 1.165) is 0 Å². The molecule has 15 heavy (non-hydrogen) atoms. The summed E-state index contributed by atoms with van der Waals surface area (Å²) in [6.45, 7) is 3.07. The Morgan fingerprint density at radius 1 is 1.60 bits per heavy atom. The molecular weight excluding hydrogens is 218 g/mol. The molecule has 0 spiro atoms. The van der Waals surface area contributed by atoms with Crippen LogP contribution in [0.2, 0.25) is 5.02 Å². The number of hydrogen-bond acceptors (Lipinski definition) is 4. The summed E-state index contributed by atoms with van der Waals surface area (Å²) >= 11 is 5.91. The van der Waals surface area contributed by atoms with E-state index in [1.807, 2.05) is 0 Å². The quantitative estimate of drug-likeness (QED) is 0.475. The summed E-state index contributed by atoms with van der Waals surface area (Å²) in [7, 11) is 1.41. The van der Waals surface area contributed by atoms with Crippen LogP contribution in [-0.2, 0) is 4.84 Å². The zero-order valence-corrected chi connectivity index (χ0v) is 9.47. The number of Topliss-reactive ketones (excluding diaryl/α,β-unsaturated/α-hetero) is 1. The number of hydrogen-bond donors (Lipinski definition) is 2. The molecule has 4 nitrogen and oxygen atoms in total. The van der Waals surface area contributed by atoms with E-state index in [1.165, 1.54) is 20.1 Å². The van der Waals surface area contributed by atoms with Gasteiger partial charge in [0.15, 0.2) is 11.5 Å². The number of halogens is 1. The average molecular weight is 230 g/mol. The number of carbonyl (C=O) groups is 1. The number of phenols is 1. The fraction of sp³-hybridized carbons (Fsp3) is 0.300. The first-order valence-electron chi connectivity index (χ1n) is 4.31. The van der Waals surface area contributed by atoms with Crippen molar-refractivity contribution in [2.24, 2.45) is 0 Å². The van der Waals surface area contributed by atoms with E-state index in [1.54, 1.807) is 6.92 Å². The summed E-state index contributed by atoms with van der Waals surface area (Å²) in [4.78, 5) is 15.9. The molecule has 0 saturated heterocycles. The summed E-state index contributed by atoms with van der Waals surface area (Å²) in [5.74, 6) is -0.403. The highest BCUT2D eigenvalue weighted by atomic mass is 35.5. The van der Waals surface area contributed by atoms with Gasteiger partial charge in [-0.05, 0) is 25.5 Å². The van der Waals surface area contributed by atoms with Gasteiger partial charge >= 0.3 is 0 Å². The minimum atomic E-state index is -0.256. The summed E-state index contributed by atoms with van der Waals surface area (Å²) in [6, 6.07) is 1.44. The lowest BCUT2D eigenvalue weighted by Gasteiger charge is -2.13. The van der Waals surface area contributed by atoms with E-state index in [9.17, 15) is 9.90 Å². The van der Waals surface area contributed by atoms with Crippen LogP contribution in [0.25, 0.3) is 0 Å². The third kappa shape index (κ3) is 2.22. The fourth-order valence-electron chi connectivity index (χ4n) is 1.23. The smallest absolute Gasteiger partial charge is 0.163 e. The molecule has 1 rings (SSSR count). The zero-order chi connectivity index (χ0) is 11.6. The van der Waals surface area contributed by atoms with Crippen molar-refractivity contribution in [2.45, 2.75) is 13.8 Å². The molecule has 0 amide bonds. The first-order valence-corrected chi connectivity index (χ1v) is 4.68. The maximum atomic E-state index is 11.2. The molecule has 0 atom stereocenters. The standard InChI is InChI=1S/C10H12ClNO3/c1-5-8(11)4-7(6(2)13)10(14)9(5)12-15-3/h4,12,14H,1-3H3. The van der Waals surface area contributed by atoms with Crippen LogP contribution in [0.3, 0.4) is 0 Å². The van der Waals surface area contributed by atoms with E-state index in [2.05, 4.69) is 5.48 Å². The number of anilines is 1. The molecular formula is C10H12ClNO3. The molecule has 0 bridgehead atoms. The molecule has 1 aromatic carbocycles. The number of ketones is 1. The molecule has 1 aromatic rings. The number of aromatic hydroxyl groups is 1. The van der Waals surface area contributed by atoms with Crippen LogP contribution in [-0.4, -0.2) is 18.0 Å². The maximum Gasteiger partial charge on any atom is 0.163 e. The Morgan fingerprint density at radius 2 is 2.20 bits per heavy atom. The third-order valence-corrected chi connectivity index (χ3v) is 2.47. The van der Waals surface area contributed by atoms with Crippen molar-refractivity contribution >= 4 is 23.1 Å². The van der Waals surface area contributed by atoms with Crippen LogP contribution in [0.15, 0.2) is 6.07 Å². The predicted molar refractivity (Wildman–Crippen MR) is 58.5 cm³/mol. The second kappa shape index (κ2) is 4.51. The third-order valence-electron chi connectivity index (χ3n) is 2.08. The van der Waals surface area contributed by atoms with Crippen molar-refractivity contribution in [1.29, 1.82) is 0 Å². The zero-order valence-electron chi connectivity index (χ0n) is 8.72. The Hall–Kier alpha value is -1.26. The Labute approximate surface area is 92.8 Å². The van der Waals surface area contributed by atoms with E-state index in [-0.39, 0.29) is 17.1 Å². The van der Waals surface area contributed by atoms with Crippen molar-refractivity contribution in [1.82, 2.24) is 0 Å². The lowest BCUT2D eigenvalue weighted by molar-refractivity contribution is 0.101. The highest BCUT2D eigenvalue weighted by Gasteiger charge is 2.16. The molecule has 0 aliphatic heterocycles. The SMILES string of the molecule is CONc1c(C)c(Cl)cc(C(C)=O)c1O. The van der Waals surface area contributed by atoms with Gasteiger partial charge in [-0.2, -0.15) is 0 Å². The summed E-state index contributed by atoms with van der Waals surface area (Å²) < 4.78 is 0. The maximum absolute atomic E-state index is 11.2. The number of nitrogens with one attached hydrogen (secondary N) is 1. The molecule has 0 heterocycles. The van der Waals surface area contributed by atoms with Gasteiger partial charge in [0, 0.05) is 5.02 Å². The summed E-state index contributed by atoms with van der Waals surface area (Å²) in [5, 5.41) is 10.2. The summed E-state index contributed by atoms with van der Waals surface area (Å²) in [5.41, 5.74) is 3.61. The lowest BCUT2D eigenvalue weighted by atomic mass is 10.1. The molecule has 0 saturated carbocycles. The van der Waals surface area contributed by atoms with Crippen molar-refractivity contribution in [3.05, 3.63) is 22.2 Å². The minimum Gasteiger partial charge on any atom is -0.505 e. The number of carbonyl (C=O) groups excluding carboxylic acids is 1. The average Bonchev–Trinajstić information content (AvgIpc) is 2.18. The summed E-state index contributed by atoms with van der Waals surface area (Å²) in [6.07, 6.45) is 0. The molecule has 0 aliphatic rings. The van der Waals surface area contributed by atoms with Crippen LogP contribution in [0, 0.1) is 6.92 Å². The van der Waals surface area contributed by atoms with Crippen molar-refractivity contribution in [3.8, 4) is 5.75 Å². The van der Waals surface area contributed by atoms with Crippen LogP contribution in [0.4, 0.5) is 5.69 Å². The fourth-order valence-corrected chi connectivity index (χ4v) is 1.43. The number of benzene rings is 1. The normalized spacial score (nSPS) is 10.1. The first kappa shape index (κ1) is 11.8. The van der Waals surface area contributed by atoms with Gasteiger partial charge in [0.25, 0.3) is 0 Å². The van der Waals surface area contributed by atoms with Crippen LogP contribution < -0.4 is 5.48 Å². The van der Waals surface area contributed by atoms with E-state index in [0.29, 0.717) is 16.3 Å². The van der Waals surface area contributed by atoms with Crippen LogP contribution in [0.1, 0.15) is 22.8 Å². The molecule has 0 radical (unpaired) electrons. The van der Waals surface area contributed by atoms with Crippen molar-refractivity contribution in [3.63, 3.8) is 0 Å². The van der Waals surface area contributed by atoms with Gasteiger partial charge in [0.2, 0.25) is 0 Å². The van der Waals surface area contributed by atoms with Crippen LogP contribution in [0.5, 0.6) is 5.75 Å². The second-order valence-corrected chi connectivity index (χ2v) is 3.52. The van der Waals surface area contributed by atoms with Gasteiger partial charge < -0.3 is 5.11 Å². The Balaban J connectivity index is 3.41. The first-order chi connectivity index (χ1) is 6.99. The van der Waals surface area contributed by atoms with Gasteiger partial charge in [-0.15, -0.1) is 0 Å². The molecule has 0 aromatic heterocycles. The predicted octanol–water partition coefficient (Wildman–Crippen LogP) is 2.53. The Morgan fingerprint density at radius 3 is 2.67 bits per heavy atom. The highest BCUT2D eigenvalue weighted by molar-refractivity contribution is 6.32. The van der Waals surface area contributed by atoms with Gasteiger partial charge in [-0.1, -0.05) is 11.6 Å². The Kier molecular flexibility index (Phi) is 3.55. The monoisotopic (exact) mass is 229 g/mol. The van der Waals surface area contributed by atoms with Crippen molar-refractivity contribution < 1.29 is 14.7 Å². The highest BCUT2D eigenvalue weighted by Crippen LogP contribution is 2.36. The van der Waals surface area contributed by atoms with E-state index >= 15 is 0 Å². The molecule has 2 N–H and O–H groups in total. The molecule has 0 fully saturated rings. The topological polar surface area (TPSA) is 58.6 Å². The van der Waals surface area contributed by atoms with Gasteiger partial charge in [0.05, 0.1) is 12.7 Å². The molecule has 82 valence electrons. The van der Waals surface area contributed by atoms with E-state index in [4.69, 9.17) is 16.4 Å². The Bertz CT molecular complexity index is 404.